The number of thioether (sulfide) groups is 1. The van der Waals surface area contributed by atoms with Gasteiger partial charge in [0.25, 0.3) is 0 Å². The Morgan fingerprint density at radius 1 is 1.03 bits per heavy atom. The first-order valence-corrected chi connectivity index (χ1v) is 11.7. The smallest absolute Gasteiger partial charge is 0.242 e. The van der Waals surface area contributed by atoms with Gasteiger partial charge >= 0.3 is 0 Å². The topological polar surface area (TPSA) is 49.4 Å². The van der Waals surface area contributed by atoms with Crippen LogP contribution < -0.4 is 5.32 Å². The van der Waals surface area contributed by atoms with Gasteiger partial charge in [0, 0.05) is 40.2 Å². The van der Waals surface area contributed by atoms with Crippen molar-refractivity contribution >= 4 is 46.8 Å². The maximum absolute atomic E-state index is 13.0. The Kier molecular flexibility index (Phi) is 10.0. The lowest BCUT2D eigenvalue weighted by Crippen LogP contribution is -2.48. The lowest BCUT2D eigenvalue weighted by Gasteiger charge is -2.29. The van der Waals surface area contributed by atoms with Gasteiger partial charge in [-0.15, -0.1) is 11.8 Å². The van der Waals surface area contributed by atoms with E-state index in [9.17, 15) is 9.59 Å². The molecule has 1 unspecified atom stereocenters. The first kappa shape index (κ1) is 24.6. The highest BCUT2D eigenvalue weighted by Crippen LogP contribution is 2.22. The van der Waals surface area contributed by atoms with Gasteiger partial charge in [0.2, 0.25) is 11.8 Å². The van der Waals surface area contributed by atoms with E-state index in [1.807, 2.05) is 56.3 Å². The van der Waals surface area contributed by atoms with E-state index < -0.39 is 6.04 Å². The van der Waals surface area contributed by atoms with Gasteiger partial charge in [0.15, 0.2) is 0 Å². The molecule has 0 spiro atoms. The summed E-state index contributed by atoms with van der Waals surface area (Å²) in [4.78, 5) is 28.3. The Labute approximate surface area is 193 Å². The first-order valence-electron chi connectivity index (χ1n) is 9.96. The summed E-state index contributed by atoms with van der Waals surface area (Å²) in [6.45, 7) is 6.75. The van der Waals surface area contributed by atoms with Gasteiger partial charge in [-0.1, -0.05) is 49.2 Å². The summed E-state index contributed by atoms with van der Waals surface area (Å²) < 4.78 is 0. The van der Waals surface area contributed by atoms with Crippen molar-refractivity contribution in [2.75, 3.05) is 12.3 Å². The standard InChI is InChI=1S/C23H28Cl2N2O2S/c1-16(2)14-26-23(29)17(3)27(15-18-5-4-6-20(25)13-18)22(28)11-12-30-21-9-7-19(24)8-10-21/h4-10,13,16-17H,11-12,14-15H2,1-3H3,(H,26,29). The van der Waals surface area contributed by atoms with Crippen LogP contribution in [0.3, 0.4) is 0 Å². The largest absolute Gasteiger partial charge is 0.354 e. The highest BCUT2D eigenvalue weighted by atomic mass is 35.5. The normalized spacial score (nSPS) is 11.9. The maximum atomic E-state index is 13.0. The van der Waals surface area contributed by atoms with Crippen molar-refractivity contribution in [1.29, 1.82) is 0 Å². The van der Waals surface area contributed by atoms with Gasteiger partial charge in [-0.05, 0) is 54.8 Å². The Hall–Kier alpha value is -1.69. The van der Waals surface area contributed by atoms with Crippen molar-refractivity contribution in [3.8, 4) is 0 Å². The van der Waals surface area contributed by atoms with Crippen LogP contribution in [-0.2, 0) is 16.1 Å². The summed E-state index contributed by atoms with van der Waals surface area (Å²) in [6.07, 6.45) is 0.329. The number of benzene rings is 2. The third-order valence-corrected chi connectivity index (χ3v) is 5.99. The molecule has 0 saturated carbocycles. The molecule has 162 valence electrons. The Bertz CT molecular complexity index is 843. The van der Waals surface area contributed by atoms with E-state index in [0.717, 1.165) is 10.5 Å². The summed E-state index contributed by atoms with van der Waals surface area (Å²) in [5, 5.41) is 4.22. The molecular formula is C23H28Cl2N2O2S. The molecule has 2 aromatic rings. The molecule has 0 heterocycles. The minimum atomic E-state index is -0.573. The molecule has 4 nitrogen and oxygen atoms in total. The predicted molar refractivity (Wildman–Crippen MR) is 126 cm³/mol. The van der Waals surface area contributed by atoms with Gasteiger partial charge in [-0.25, -0.2) is 0 Å². The number of nitrogens with one attached hydrogen (secondary N) is 1. The van der Waals surface area contributed by atoms with Crippen LogP contribution in [-0.4, -0.2) is 35.1 Å². The molecule has 0 bridgehead atoms. The Balaban J connectivity index is 2.05. The van der Waals surface area contributed by atoms with E-state index in [-0.39, 0.29) is 11.8 Å². The molecule has 0 aliphatic carbocycles. The summed E-state index contributed by atoms with van der Waals surface area (Å²) in [5.41, 5.74) is 0.893. The Morgan fingerprint density at radius 3 is 2.37 bits per heavy atom. The van der Waals surface area contributed by atoms with Crippen molar-refractivity contribution in [2.45, 2.75) is 44.7 Å². The highest BCUT2D eigenvalue weighted by Gasteiger charge is 2.26. The van der Waals surface area contributed by atoms with Crippen LogP contribution in [0.5, 0.6) is 0 Å². The fourth-order valence-corrected chi connectivity index (χ4v) is 3.98. The lowest BCUT2D eigenvalue weighted by atomic mass is 10.1. The second-order valence-electron chi connectivity index (χ2n) is 7.52. The van der Waals surface area contributed by atoms with Gasteiger partial charge < -0.3 is 10.2 Å². The number of halogens is 2. The molecular weight excluding hydrogens is 439 g/mol. The molecule has 0 aliphatic heterocycles. The van der Waals surface area contributed by atoms with E-state index >= 15 is 0 Å². The van der Waals surface area contributed by atoms with Crippen LogP contribution in [0.15, 0.2) is 53.4 Å². The molecule has 2 amide bonds. The number of rotatable bonds is 10. The number of carbonyl (C=O) groups is 2. The van der Waals surface area contributed by atoms with E-state index in [1.165, 1.54) is 0 Å². The van der Waals surface area contributed by atoms with Crippen molar-refractivity contribution in [2.24, 2.45) is 5.92 Å². The predicted octanol–water partition coefficient (Wildman–Crippen LogP) is 5.67. The van der Waals surface area contributed by atoms with Gasteiger partial charge in [-0.2, -0.15) is 0 Å². The zero-order chi connectivity index (χ0) is 22.1. The van der Waals surface area contributed by atoms with Crippen molar-refractivity contribution in [1.82, 2.24) is 10.2 Å². The maximum Gasteiger partial charge on any atom is 0.242 e. The molecule has 2 rings (SSSR count). The molecule has 0 radical (unpaired) electrons. The summed E-state index contributed by atoms with van der Waals surface area (Å²) in [6, 6.07) is 14.3. The highest BCUT2D eigenvalue weighted by molar-refractivity contribution is 7.99. The molecule has 0 fully saturated rings. The number of nitrogens with zero attached hydrogens (tertiary/aromatic N) is 1. The third-order valence-electron chi connectivity index (χ3n) is 4.49. The van der Waals surface area contributed by atoms with Crippen LogP contribution in [0.25, 0.3) is 0 Å². The fourth-order valence-electron chi connectivity index (χ4n) is 2.80. The molecule has 1 atom stereocenters. The van der Waals surface area contributed by atoms with Crippen LogP contribution in [0.1, 0.15) is 32.8 Å². The van der Waals surface area contributed by atoms with Crippen LogP contribution in [0, 0.1) is 5.92 Å². The van der Waals surface area contributed by atoms with Gasteiger partial charge in [-0.3, -0.25) is 9.59 Å². The first-order chi connectivity index (χ1) is 14.3. The molecule has 7 heteroatoms. The van der Waals surface area contributed by atoms with Crippen LogP contribution in [0.4, 0.5) is 0 Å². The molecule has 0 aromatic heterocycles. The molecule has 1 N–H and O–H groups in total. The summed E-state index contributed by atoms with van der Waals surface area (Å²) >= 11 is 13.6. The van der Waals surface area contributed by atoms with E-state index in [0.29, 0.717) is 41.2 Å². The molecule has 30 heavy (non-hydrogen) atoms. The minimum absolute atomic E-state index is 0.0661. The van der Waals surface area contributed by atoms with E-state index in [1.54, 1.807) is 29.7 Å². The van der Waals surface area contributed by atoms with E-state index in [2.05, 4.69) is 5.32 Å². The summed E-state index contributed by atoms with van der Waals surface area (Å²) in [5.74, 6) is 0.745. The number of hydrogen-bond acceptors (Lipinski definition) is 3. The second-order valence-corrected chi connectivity index (χ2v) is 9.56. The zero-order valence-corrected chi connectivity index (χ0v) is 19.9. The van der Waals surface area contributed by atoms with Crippen molar-refractivity contribution in [3.63, 3.8) is 0 Å². The lowest BCUT2D eigenvalue weighted by molar-refractivity contribution is -0.140. The number of amides is 2. The SMILES string of the molecule is CC(C)CNC(=O)C(C)N(Cc1cccc(Cl)c1)C(=O)CCSc1ccc(Cl)cc1. The monoisotopic (exact) mass is 466 g/mol. The number of carbonyl (C=O) groups excluding carboxylic acids is 2. The quantitative estimate of drug-likeness (QED) is 0.459. The summed E-state index contributed by atoms with van der Waals surface area (Å²) in [7, 11) is 0. The van der Waals surface area contributed by atoms with Gasteiger partial charge in [0.05, 0.1) is 0 Å². The zero-order valence-electron chi connectivity index (χ0n) is 17.5. The average molecular weight is 467 g/mol. The van der Waals surface area contributed by atoms with Gasteiger partial charge in [0.1, 0.15) is 6.04 Å². The van der Waals surface area contributed by atoms with E-state index in [4.69, 9.17) is 23.2 Å². The van der Waals surface area contributed by atoms with Crippen LogP contribution >= 0.6 is 35.0 Å². The fraction of sp³-hybridized carbons (Fsp3) is 0.391. The molecule has 0 saturated heterocycles. The molecule has 0 aliphatic rings. The number of hydrogen-bond donors (Lipinski definition) is 1. The third kappa shape index (κ3) is 8.21. The Morgan fingerprint density at radius 2 is 1.73 bits per heavy atom. The molecule has 2 aromatic carbocycles. The van der Waals surface area contributed by atoms with Crippen LogP contribution in [0.2, 0.25) is 10.0 Å². The van der Waals surface area contributed by atoms with Crippen molar-refractivity contribution < 1.29 is 9.59 Å². The average Bonchev–Trinajstić information content (AvgIpc) is 2.71. The minimum Gasteiger partial charge on any atom is -0.354 e. The van der Waals surface area contributed by atoms with Crippen molar-refractivity contribution in [3.05, 3.63) is 64.1 Å². The second kappa shape index (κ2) is 12.2.